The van der Waals surface area contributed by atoms with Crippen LogP contribution in [0.2, 0.25) is 5.02 Å². The first-order valence-electron chi connectivity index (χ1n) is 5.09. The number of halogens is 1. The van der Waals surface area contributed by atoms with Crippen molar-refractivity contribution in [2.24, 2.45) is 4.99 Å². The van der Waals surface area contributed by atoms with Crippen molar-refractivity contribution >= 4 is 23.0 Å². The average molecular weight is 241 g/mol. The van der Waals surface area contributed by atoms with Gasteiger partial charge in [-0.1, -0.05) is 41.9 Å². The number of para-hydroxylation sites is 1. The molecule has 0 unspecified atom stereocenters. The molecule has 0 saturated carbocycles. The van der Waals surface area contributed by atoms with Gasteiger partial charge in [0.1, 0.15) is 11.8 Å². The first-order valence-corrected chi connectivity index (χ1v) is 5.47. The minimum Gasteiger partial charge on any atom is -0.237 e. The molecule has 0 atom stereocenters. The fraction of sp³-hybridized carbons (Fsp3) is 0. The second kappa shape index (κ2) is 5.29. The first kappa shape index (κ1) is 11.4. The van der Waals surface area contributed by atoms with Gasteiger partial charge in [0.2, 0.25) is 0 Å². The highest BCUT2D eigenvalue weighted by atomic mass is 35.5. The molecular formula is C14H9ClN2. The molecule has 0 amide bonds. The molecule has 0 fully saturated rings. The average Bonchev–Trinajstić information content (AvgIpc) is 2.37. The van der Waals surface area contributed by atoms with E-state index in [1.54, 1.807) is 18.2 Å². The Labute approximate surface area is 105 Å². The molecule has 17 heavy (non-hydrogen) atoms. The van der Waals surface area contributed by atoms with Crippen LogP contribution in [0, 0.1) is 11.3 Å². The van der Waals surface area contributed by atoms with Crippen molar-refractivity contribution in [3.05, 3.63) is 65.2 Å². The Balaban J connectivity index is 2.42. The van der Waals surface area contributed by atoms with Crippen molar-refractivity contribution in [2.45, 2.75) is 0 Å². The van der Waals surface area contributed by atoms with Crippen LogP contribution in [0.15, 0.2) is 59.6 Å². The van der Waals surface area contributed by atoms with Crippen LogP contribution in [0.3, 0.4) is 0 Å². The van der Waals surface area contributed by atoms with Gasteiger partial charge in [0.25, 0.3) is 0 Å². The van der Waals surface area contributed by atoms with E-state index in [4.69, 9.17) is 16.9 Å². The predicted octanol–water partition coefficient (Wildman–Crippen LogP) is 3.98. The molecule has 0 spiro atoms. The van der Waals surface area contributed by atoms with Crippen molar-refractivity contribution in [1.29, 1.82) is 5.26 Å². The summed E-state index contributed by atoms with van der Waals surface area (Å²) in [6.45, 7) is 0. The van der Waals surface area contributed by atoms with Gasteiger partial charge in [-0.2, -0.15) is 5.26 Å². The normalized spacial score (nSPS) is 10.9. The molecule has 2 rings (SSSR count). The Bertz CT molecular complexity index is 583. The minimum atomic E-state index is 0.360. The fourth-order valence-electron chi connectivity index (χ4n) is 1.42. The summed E-state index contributed by atoms with van der Waals surface area (Å²) in [5, 5.41) is 9.70. The van der Waals surface area contributed by atoms with E-state index in [1.807, 2.05) is 36.4 Å². The molecule has 82 valence electrons. The molecule has 3 heteroatoms. The van der Waals surface area contributed by atoms with E-state index >= 15 is 0 Å². The van der Waals surface area contributed by atoms with Gasteiger partial charge in [0.05, 0.1) is 5.69 Å². The molecule has 0 aromatic heterocycles. The summed E-state index contributed by atoms with van der Waals surface area (Å²) in [5.74, 6) is 0. The Morgan fingerprint density at radius 2 is 1.82 bits per heavy atom. The van der Waals surface area contributed by atoms with E-state index in [-0.39, 0.29) is 0 Å². The van der Waals surface area contributed by atoms with Crippen LogP contribution in [-0.4, -0.2) is 5.71 Å². The summed E-state index contributed by atoms with van der Waals surface area (Å²) >= 11 is 5.88. The van der Waals surface area contributed by atoms with E-state index in [2.05, 4.69) is 11.1 Å². The summed E-state index contributed by atoms with van der Waals surface area (Å²) in [4.78, 5) is 4.29. The van der Waals surface area contributed by atoms with Crippen LogP contribution in [0.4, 0.5) is 5.69 Å². The number of hydrogen-bond donors (Lipinski definition) is 0. The minimum absolute atomic E-state index is 0.360. The van der Waals surface area contributed by atoms with Gasteiger partial charge >= 0.3 is 0 Å². The van der Waals surface area contributed by atoms with E-state index in [0.29, 0.717) is 10.7 Å². The molecule has 0 radical (unpaired) electrons. The van der Waals surface area contributed by atoms with E-state index in [0.717, 1.165) is 11.3 Å². The highest BCUT2D eigenvalue weighted by Gasteiger charge is 2.03. The van der Waals surface area contributed by atoms with Crippen LogP contribution in [-0.2, 0) is 0 Å². The van der Waals surface area contributed by atoms with E-state index < -0.39 is 0 Å². The number of rotatable bonds is 2. The van der Waals surface area contributed by atoms with Crippen molar-refractivity contribution in [3.63, 3.8) is 0 Å². The fourth-order valence-corrected chi connectivity index (χ4v) is 1.61. The maximum absolute atomic E-state index is 9.11. The largest absolute Gasteiger partial charge is 0.237 e. The molecular weight excluding hydrogens is 232 g/mol. The molecule has 2 aromatic rings. The SMILES string of the molecule is N#CC(=Nc1ccccc1)c1cccc(Cl)c1. The number of benzene rings is 2. The van der Waals surface area contributed by atoms with E-state index in [9.17, 15) is 0 Å². The third kappa shape index (κ3) is 2.93. The van der Waals surface area contributed by atoms with Crippen LogP contribution >= 0.6 is 11.6 Å². The summed E-state index contributed by atoms with van der Waals surface area (Å²) in [6.07, 6.45) is 0. The summed E-state index contributed by atoms with van der Waals surface area (Å²) in [7, 11) is 0. The third-order valence-corrected chi connectivity index (χ3v) is 2.44. The van der Waals surface area contributed by atoms with Gasteiger partial charge in [-0.3, -0.25) is 0 Å². The van der Waals surface area contributed by atoms with E-state index in [1.165, 1.54) is 0 Å². The number of hydrogen-bond acceptors (Lipinski definition) is 2. The van der Waals surface area contributed by atoms with Crippen molar-refractivity contribution in [2.75, 3.05) is 0 Å². The standard InChI is InChI=1S/C14H9ClN2/c15-12-6-4-5-11(9-12)14(10-16)17-13-7-2-1-3-8-13/h1-9H. The maximum Gasteiger partial charge on any atom is 0.148 e. The summed E-state index contributed by atoms with van der Waals surface area (Å²) in [6, 6.07) is 18.6. The zero-order chi connectivity index (χ0) is 12.1. The number of nitrogens with zero attached hydrogens (tertiary/aromatic N) is 2. The van der Waals surface area contributed by atoms with Gasteiger partial charge in [-0.05, 0) is 24.3 Å². The molecule has 0 aliphatic rings. The lowest BCUT2D eigenvalue weighted by atomic mass is 10.1. The van der Waals surface area contributed by atoms with Crippen LogP contribution < -0.4 is 0 Å². The smallest absolute Gasteiger partial charge is 0.148 e. The highest BCUT2D eigenvalue weighted by Crippen LogP contribution is 2.15. The van der Waals surface area contributed by atoms with Gasteiger partial charge < -0.3 is 0 Å². The van der Waals surface area contributed by atoms with Gasteiger partial charge in [-0.15, -0.1) is 0 Å². The summed E-state index contributed by atoms with van der Waals surface area (Å²) in [5.41, 5.74) is 1.84. The second-order valence-corrected chi connectivity index (χ2v) is 3.85. The monoisotopic (exact) mass is 240 g/mol. The Hall–Kier alpha value is -2.11. The van der Waals surface area contributed by atoms with Crippen molar-refractivity contribution in [1.82, 2.24) is 0 Å². The molecule has 0 saturated heterocycles. The maximum atomic E-state index is 9.11. The van der Waals surface area contributed by atoms with Gasteiger partial charge in [0, 0.05) is 10.6 Å². The molecule has 2 aromatic carbocycles. The quantitative estimate of drug-likeness (QED) is 0.732. The molecule has 0 aliphatic heterocycles. The van der Waals surface area contributed by atoms with Crippen LogP contribution in [0.5, 0.6) is 0 Å². The molecule has 0 heterocycles. The lowest BCUT2D eigenvalue weighted by molar-refractivity contribution is 1.48. The second-order valence-electron chi connectivity index (χ2n) is 3.42. The predicted molar refractivity (Wildman–Crippen MR) is 69.7 cm³/mol. The Kier molecular flexibility index (Phi) is 3.54. The lowest BCUT2D eigenvalue weighted by Gasteiger charge is -1.99. The molecule has 0 bridgehead atoms. The van der Waals surface area contributed by atoms with Gasteiger partial charge in [0.15, 0.2) is 0 Å². The van der Waals surface area contributed by atoms with Crippen LogP contribution in [0.25, 0.3) is 0 Å². The zero-order valence-electron chi connectivity index (χ0n) is 8.97. The van der Waals surface area contributed by atoms with Gasteiger partial charge in [-0.25, -0.2) is 4.99 Å². The zero-order valence-corrected chi connectivity index (χ0v) is 9.72. The summed E-state index contributed by atoms with van der Waals surface area (Å²) < 4.78 is 0. The topological polar surface area (TPSA) is 36.1 Å². The van der Waals surface area contributed by atoms with Crippen LogP contribution in [0.1, 0.15) is 5.56 Å². The molecule has 0 aliphatic carbocycles. The molecule has 2 nitrogen and oxygen atoms in total. The first-order chi connectivity index (χ1) is 8.29. The van der Waals surface area contributed by atoms with Crippen molar-refractivity contribution in [3.8, 4) is 6.07 Å². The third-order valence-electron chi connectivity index (χ3n) is 2.20. The number of aliphatic imine (C=N–C) groups is 1. The highest BCUT2D eigenvalue weighted by molar-refractivity contribution is 6.31. The Morgan fingerprint density at radius 3 is 2.47 bits per heavy atom. The molecule has 0 N–H and O–H groups in total. The number of nitriles is 1. The van der Waals surface area contributed by atoms with Crippen molar-refractivity contribution < 1.29 is 0 Å². The lowest BCUT2D eigenvalue weighted by Crippen LogP contribution is -1.96. The Morgan fingerprint density at radius 1 is 1.06 bits per heavy atom.